The van der Waals surface area contributed by atoms with E-state index in [4.69, 9.17) is 16.3 Å². The van der Waals surface area contributed by atoms with E-state index in [1.165, 1.54) is 22.8 Å². The van der Waals surface area contributed by atoms with Gasteiger partial charge in [0.1, 0.15) is 12.1 Å². The van der Waals surface area contributed by atoms with E-state index in [9.17, 15) is 14.9 Å². The Kier molecular flexibility index (Phi) is 3.87. The summed E-state index contributed by atoms with van der Waals surface area (Å²) < 4.78 is 6.68. The van der Waals surface area contributed by atoms with Crippen LogP contribution in [-0.4, -0.2) is 26.0 Å². The Balaban J connectivity index is 2.34. The SMILES string of the molecule is CC(C)(C)OC(=O)Cn1c(Cl)nc2cc([N+](=O)[O-])ccc21. The van der Waals surface area contributed by atoms with Crippen LogP contribution in [0, 0.1) is 10.1 Å². The predicted octanol–water partition coefficient (Wildman–Crippen LogP) is 2.94. The average molecular weight is 312 g/mol. The van der Waals surface area contributed by atoms with E-state index >= 15 is 0 Å². The monoisotopic (exact) mass is 311 g/mol. The van der Waals surface area contributed by atoms with Gasteiger partial charge in [0, 0.05) is 12.1 Å². The van der Waals surface area contributed by atoms with Gasteiger partial charge >= 0.3 is 5.97 Å². The van der Waals surface area contributed by atoms with Gasteiger partial charge in [-0.2, -0.15) is 0 Å². The predicted molar refractivity (Wildman–Crippen MR) is 77.2 cm³/mol. The van der Waals surface area contributed by atoms with Crippen molar-refractivity contribution in [2.24, 2.45) is 0 Å². The van der Waals surface area contributed by atoms with Gasteiger partial charge in [0.15, 0.2) is 0 Å². The number of benzene rings is 1. The molecule has 0 N–H and O–H groups in total. The van der Waals surface area contributed by atoms with Gasteiger partial charge in [0.2, 0.25) is 5.28 Å². The zero-order valence-electron chi connectivity index (χ0n) is 11.8. The first kappa shape index (κ1) is 15.2. The van der Waals surface area contributed by atoms with E-state index in [0.29, 0.717) is 11.0 Å². The van der Waals surface area contributed by atoms with Gasteiger partial charge in [0.05, 0.1) is 16.0 Å². The summed E-state index contributed by atoms with van der Waals surface area (Å²) in [4.78, 5) is 26.1. The van der Waals surface area contributed by atoms with Gasteiger partial charge in [-0.25, -0.2) is 4.98 Å². The molecule has 21 heavy (non-hydrogen) atoms. The minimum absolute atomic E-state index is 0.0800. The maximum Gasteiger partial charge on any atom is 0.326 e. The molecule has 0 bridgehead atoms. The molecule has 0 radical (unpaired) electrons. The van der Waals surface area contributed by atoms with Crippen molar-refractivity contribution in [2.45, 2.75) is 32.9 Å². The number of hydrogen-bond donors (Lipinski definition) is 0. The number of carbonyl (C=O) groups excluding carboxylic acids is 1. The molecule has 0 fully saturated rings. The fourth-order valence-corrected chi connectivity index (χ4v) is 2.10. The number of nitrogens with zero attached hydrogens (tertiary/aromatic N) is 3. The minimum atomic E-state index is -0.598. The minimum Gasteiger partial charge on any atom is -0.459 e. The van der Waals surface area contributed by atoms with Crippen LogP contribution in [0.1, 0.15) is 20.8 Å². The summed E-state index contributed by atoms with van der Waals surface area (Å²) in [6.45, 7) is 5.19. The van der Waals surface area contributed by atoms with Crippen molar-refractivity contribution >= 4 is 34.3 Å². The van der Waals surface area contributed by atoms with E-state index in [-0.39, 0.29) is 17.5 Å². The standard InChI is InChI=1S/C13H14ClN3O4/c1-13(2,3)21-11(18)7-16-10-5-4-8(17(19)20)6-9(10)15-12(16)14/h4-6H,7H2,1-3H3. The number of rotatable bonds is 3. The first-order valence-corrected chi connectivity index (χ1v) is 6.57. The number of non-ortho nitro benzene ring substituents is 1. The molecular weight excluding hydrogens is 298 g/mol. The summed E-state index contributed by atoms with van der Waals surface area (Å²) >= 11 is 5.99. The normalized spacial score (nSPS) is 11.6. The smallest absolute Gasteiger partial charge is 0.326 e. The zero-order chi connectivity index (χ0) is 15.8. The van der Waals surface area contributed by atoms with Crippen molar-refractivity contribution in [3.05, 3.63) is 33.6 Å². The highest BCUT2D eigenvalue weighted by Gasteiger charge is 2.20. The topological polar surface area (TPSA) is 87.3 Å². The summed E-state index contributed by atoms with van der Waals surface area (Å²) in [5, 5.41) is 10.8. The van der Waals surface area contributed by atoms with Crippen molar-refractivity contribution in [1.29, 1.82) is 0 Å². The molecule has 8 heteroatoms. The fraction of sp³-hybridized carbons (Fsp3) is 0.385. The number of carbonyl (C=O) groups is 1. The second kappa shape index (κ2) is 5.33. The van der Waals surface area contributed by atoms with Crippen molar-refractivity contribution in [2.75, 3.05) is 0 Å². The van der Waals surface area contributed by atoms with Gasteiger partial charge in [0.25, 0.3) is 5.69 Å². The van der Waals surface area contributed by atoms with Crippen molar-refractivity contribution in [3.8, 4) is 0 Å². The molecule has 0 amide bonds. The molecule has 7 nitrogen and oxygen atoms in total. The number of fused-ring (bicyclic) bond motifs is 1. The molecule has 0 unspecified atom stereocenters. The van der Waals surface area contributed by atoms with Crippen LogP contribution in [0.25, 0.3) is 11.0 Å². The van der Waals surface area contributed by atoms with Gasteiger partial charge in [-0.05, 0) is 38.4 Å². The number of hydrogen-bond acceptors (Lipinski definition) is 5. The highest BCUT2D eigenvalue weighted by atomic mass is 35.5. The Labute approximate surface area is 125 Å². The van der Waals surface area contributed by atoms with Crippen LogP contribution in [-0.2, 0) is 16.1 Å². The average Bonchev–Trinajstić information content (AvgIpc) is 2.62. The Hall–Kier alpha value is -2.15. The van der Waals surface area contributed by atoms with Gasteiger partial charge in [-0.1, -0.05) is 0 Å². The van der Waals surface area contributed by atoms with E-state index in [1.54, 1.807) is 20.8 Å². The summed E-state index contributed by atoms with van der Waals surface area (Å²) in [5.74, 6) is -0.456. The summed E-state index contributed by atoms with van der Waals surface area (Å²) in [5.41, 5.74) is 0.217. The summed E-state index contributed by atoms with van der Waals surface area (Å²) in [6, 6.07) is 4.16. The van der Waals surface area contributed by atoms with Crippen molar-refractivity contribution < 1.29 is 14.5 Å². The first-order chi connectivity index (χ1) is 9.67. The number of nitro groups is 1. The molecule has 0 saturated heterocycles. The van der Waals surface area contributed by atoms with Crippen LogP contribution in [0.4, 0.5) is 5.69 Å². The van der Waals surface area contributed by atoms with E-state index in [0.717, 1.165) is 0 Å². The molecule has 1 aromatic heterocycles. The van der Waals surface area contributed by atoms with Crippen molar-refractivity contribution in [3.63, 3.8) is 0 Å². The third kappa shape index (κ3) is 3.49. The molecule has 1 aromatic carbocycles. The Morgan fingerprint density at radius 2 is 2.14 bits per heavy atom. The van der Waals surface area contributed by atoms with Crippen LogP contribution in [0.5, 0.6) is 0 Å². The molecule has 1 heterocycles. The number of aromatic nitrogens is 2. The number of halogens is 1. The van der Waals surface area contributed by atoms with E-state index in [1.807, 2.05) is 0 Å². The van der Waals surface area contributed by atoms with Crippen LogP contribution < -0.4 is 0 Å². The number of ether oxygens (including phenoxy) is 1. The summed E-state index contributed by atoms with van der Waals surface area (Å²) in [6.07, 6.45) is 0. The quantitative estimate of drug-likeness (QED) is 0.494. The summed E-state index contributed by atoms with van der Waals surface area (Å²) in [7, 11) is 0. The lowest BCUT2D eigenvalue weighted by molar-refractivity contribution is -0.384. The maximum atomic E-state index is 11.9. The molecule has 112 valence electrons. The van der Waals surface area contributed by atoms with Crippen LogP contribution >= 0.6 is 11.6 Å². The Morgan fingerprint density at radius 3 is 2.71 bits per heavy atom. The van der Waals surface area contributed by atoms with Gasteiger partial charge in [-0.3, -0.25) is 14.9 Å². The molecule has 2 aromatic rings. The molecule has 0 aliphatic carbocycles. The van der Waals surface area contributed by atoms with Gasteiger partial charge < -0.3 is 9.30 Å². The molecule has 0 aliphatic rings. The fourth-order valence-electron chi connectivity index (χ4n) is 1.86. The lowest BCUT2D eigenvalue weighted by Crippen LogP contribution is -2.26. The van der Waals surface area contributed by atoms with Crippen LogP contribution in [0.2, 0.25) is 5.28 Å². The molecule has 2 rings (SSSR count). The van der Waals surface area contributed by atoms with E-state index < -0.39 is 16.5 Å². The molecular formula is C13H14ClN3O4. The maximum absolute atomic E-state index is 11.9. The third-order valence-electron chi connectivity index (χ3n) is 2.60. The zero-order valence-corrected chi connectivity index (χ0v) is 12.5. The first-order valence-electron chi connectivity index (χ1n) is 6.19. The Bertz CT molecular complexity index is 718. The highest BCUT2D eigenvalue weighted by Crippen LogP contribution is 2.24. The highest BCUT2D eigenvalue weighted by molar-refractivity contribution is 6.29. The molecule has 0 aliphatic heterocycles. The Morgan fingerprint density at radius 1 is 1.48 bits per heavy atom. The molecule has 0 saturated carbocycles. The molecule has 0 atom stereocenters. The lowest BCUT2D eigenvalue weighted by atomic mass is 10.2. The van der Waals surface area contributed by atoms with E-state index in [2.05, 4.69) is 4.98 Å². The lowest BCUT2D eigenvalue weighted by Gasteiger charge is -2.19. The second-order valence-corrected chi connectivity index (χ2v) is 5.82. The number of esters is 1. The second-order valence-electron chi connectivity index (χ2n) is 5.48. The van der Waals surface area contributed by atoms with Gasteiger partial charge in [-0.15, -0.1) is 0 Å². The number of imidazole rings is 1. The van der Waals surface area contributed by atoms with Crippen LogP contribution in [0.3, 0.4) is 0 Å². The van der Waals surface area contributed by atoms with Crippen LogP contribution in [0.15, 0.2) is 18.2 Å². The number of nitro benzene ring substituents is 1. The molecule has 0 spiro atoms. The van der Waals surface area contributed by atoms with Crippen molar-refractivity contribution in [1.82, 2.24) is 9.55 Å². The third-order valence-corrected chi connectivity index (χ3v) is 2.89. The largest absolute Gasteiger partial charge is 0.459 e.